The van der Waals surface area contributed by atoms with E-state index < -0.39 is 0 Å². The van der Waals surface area contributed by atoms with Crippen LogP contribution >= 0.6 is 0 Å². The maximum absolute atomic E-state index is 5.93. The second-order valence-corrected chi connectivity index (χ2v) is 5.86. The Labute approximate surface area is 120 Å². The molecule has 0 aliphatic carbocycles. The van der Waals surface area contributed by atoms with Gasteiger partial charge in [0, 0.05) is 11.6 Å². The second kappa shape index (κ2) is 5.51. The molecule has 0 radical (unpaired) electrons. The quantitative estimate of drug-likeness (QED) is 0.659. The molecule has 1 heterocycles. The SMILES string of the molecule is Cc1ccc(Oc2cccc(NN)n2)c(C(C)(C)C)c1. The first-order chi connectivity index (χ1) is 9.40. The lowest BCUT2D eigenvalue weighted by atomic mass is 9.85. The molecule has 1 aromatic carbocycles. The predicted octanol–water partition coefficient (Wildman–Crippen LogP) is 3.77. The smallest absolute Gasteiger partial charge is 0.221 e. The molecule has 2 rings (SSSR count). The van der Waals surface area contributed by atoms with Crippen molar-refractivity contribution in [2.24, 2.45) is 5.84 Å². The van der Waals surface area contributed by atoms with Gasteiger partial charge in [0.2, 0.25) is 5.88 Å². The van der Waals surface area contributed by atoms with E-state index >= 15 is 0 Å². The van der Waals surface area contributed by atoms with Crippen LogP contribution in [0.4, 0.5) is 5.82 Å². The summed E-state index contributed by atoms with van der Waals surface area (Å²) in [6.07, 6.45) is 0. The minimum absolute atomic E-state index is 0.00504. The number of hydrogen-bond acceptors (Lipinski definition) is 4. The van der Waals surface area contributed by atoms with Gasteiger partial charge in [0.1, 0.15) is 11.6 Å². The molecule has 0 saturated carbocycles. The van der Waals surface area contributed by atoms with Crippen LogP contribution in [-0.4, -0.2) is 4.98 Å². The van der Waals surface area contributed by atoms with Crippen molar-refractivity contribution >= 4 is 5.82 Å². The van der Waals surface area contributed by atoms with Crippen molar-refractivity contribution in [2.75, 3.05) is 5.43 Å². The lowest BCUT2D eigenvalue weighted by molar-refractivity contribution is 0.440. The van der Waals surface area contributed by atoms with Crippen LogP contribution in [0.2, 0.25) is 0 Å². The van der Waals surface area contributed by atoms with Gasteiger partial charge in [-0.2, -0.15) is 4.98 Å². The zero-order valence-electron chi connectivity index (χ0n) is 12.4. The fourth-order valence-electron chi connectivity index (χ4n) is 1.98. The first-order valence-electron chi connectivity index (χ1n) is 6.63. The fourth-order valence-corrected chi connectivity index (χ4v) is 1.98. The van der Waals surface area contributed by atoms with E-state index in [1.807, 2.05) is 24.3 Å². The average Bonchev–Trinajstić information content (AvgIpc) is 2.40. The summed E-state index contributed by atoms with van der Waals surface area (Å²) in [6.45, 7) is 8.58. The molecular formula is C16H21N3O. The zero-order valence-corrected chi connectivity index (χ0v) is 12.4. The summed E-state index contributed by atoms with van der Waals surface area (Å²) in [4.78, 5) is 4.27. The highest BCUT2D eigenvalue weighted by Crippen LogP contribution is 2.34. The molecule has 0 bridgehead atoms. The van der Waals surface area contributed by atoms with Gasteiger partial charge < -0.3 is 10.2 Å². The highest BCUT2D eigenvalue weighted by Gasteiger charge is 2.19. The highest BCUT2D eigenvalue weighted by molar-refractivity contribution is 5.44. The number of pyridine rings is 1. The van der Waals surface area contributed by atoms with Gasteiger partial charge in [-0.3, -0.25) is 0 Å². The summed E-state index contributed by atoms with van der Waals surface area (Å²) in [5.74, 6) is 7.29. The first-order valence-corrected chi connectivity index (χ1v) is 6.63. The van der Waals surface area contributed by atoms with Crippen molar-refractivity contribution in [3.05, 3.63) is 47.5 Å². The van der Waals surface area contributed by atoms with Crippen molar-refractivity contribution < 1.29 is 4.74 Å². The largest absolute Gasteiger partial charge is 0.439 e. The summed E-state index contributed by atoms with van der Waals surface area (Å²) >= 11 is 0. The molecule has 2 aromatic rings. The Kier molecular flexibility index (Phi) is 3.95. The Hall–Kier alpha value is -2.07. The van der Waals surface area contributed by atoms with Crippen molar-refractivity contribution in [3.8, 4) is 11.6 Å². The van der Waals surface area contributed by atoms with E-state index in [0.29, 0.717) is 11.7 Å². The van der Waals surface area contributed by atoms with Gasteiger partial charge in [-0.15, -0.1) is 0 Å². The van der Waals surface area contributed by atoms with Crippen LogP contribution in [-0.2, 0) is 5.41 Å². The third-order valence-corrected chi connectivity index (χ3v) is 3.03. The Morgan fingerprint density at radius 3 is 2.55 bits per heavy atom. The topological polar surface area (TPSA) is 60.2 Å². The normalized spacial score (nSPS) is 11.2. The van der Waals surface area contributed by atoms with Gasteiger partial charge in [-0.25, -0.2) is 5.84 Å². The van der Waals surface area contributed by atoms with Crippen LogP contribution in [0.3, 0.4) is 0 Å². The third-order valence-electron chi connectivity index (χ3n) is 3.03. The molecule has 0 aliphatic rings. The minimum atomic E-state index is 0.00504. The second-order valence-electron chi connectivity index (χ2n) is 5.86. The number of hydrazine groups is 1. The molecule has 0 saturated heterocycles. The number of nitrogens with two attached hydrogens (primary N) is 1. The maximum atomic E-state index is 5.93. The monoisotopic (exact) mass is 271 g/mol. The number of nitrogens with zero attached hydrogens (tertiary/aromatic N) is 1. The number of aromatic nitrogens is 1. The van der Waals surface area contributed by atoms with Crippen molar-refractivity contribution in [1.29, 1.82) is 0 Å². The third kappa shape index (κ3) is 3.27. The van der Waals surface area contributed by atoms with E-state index in [0.717, 1.165) is 11.3 Å². The molecule has 3 N–H and O–H groups in total. The van der Waals surface area contributed by atoms with Gasteiger partial charge in [-0.05, 0) is 24.5 Å². The fraction of sp³-hybridized carbons (Fsp3) is 0.312. The predicted molar refractivity (Wildman–Crippen MR) is 82.0 cm³/mol. The number of hydrogen-bond donors (Lipinski definition) is 2. The molecule has 4 nitrogen and oxygen atoms in total. The van der Waals surface area contributed by atoms with Crippen LogP contribution in [0.1, 0.15) is 31.9 Å². The number of nitrogen functional groups attached to an aromatic ring is 1. The van der Waals surface area contributed by atoms with Crippen LogP contribution in [0, 0.1) is 6.92 Å². The maximum Gasteiger partial charge on any atom is 0.221 e. The minimum Gasteiger partial charge on any atom is -0.439 e. The van der Waals surface area contributed by atoms with E-state index in [1.54, 1.807) is 6.07 Å². The van der Waals surface area contributed by atoms with E-state index in [9.17, 15) is 0 Å². The number of benzene rings is 1. The molecule has 0 atom stereocenters. The van der Waals surface area contributed by atoms with E-state index in [2.05, 4.69) is 44.2 Å². The molecule has 0 aliphatic heterocycles. The Balaban J connectivity index is 2.38. The molecule has 0 amide bonds. The van der Waals surface area contributed by atoms with Crippen molar-refractivity contribution in [1.82, 2.24) is 4.98 Å². The molecule has 0 fully saturated rings. The number of rotatable bonds is 3. The van der Waals surface area contributed by atoms with Gasteiger partial charge in [0.15, 0.2) is 0 Å². The lowest BCUT2D eigenvalue weighted by Gasteiger charge is -2.23. The van der Waals surface area contributed by atoms with Crippen molar-refractivity contribution in [2.45, 2.75) is 33.1 Å². The molecular weight excluding hydrogens is 250 g/mol. The summed E-state index contributed by atoms with van der Waals surface area (Å²) in [6, 6.07) is 11.6. The van der Waals surface area contributed by atoms with Gasteiger partial charge in [-0.1, -0.05) is 44.5 Å². The first kappa shape index (κ1) is 14.3. The number of ether oxygens (including phenoxy) is 1. The van der Waals surface area contributed by atoms with Crippen molar-refractivity contribution in [3.63, 3.8) is 0 Å². The summed E-state index contributed by atoms with van der Waals surface area (Å²) < 4.78 is 5.93. The van der Waals surface area contributed by atoms with E-state index in [1.165, 1.54) is 5.56 Å². The van der Waals surface area contributed by atoms with E-state index in [4.69, 9.17) is 10.6 Å². The Morgan fingerprint density at radius 2 is 1.90 bits per heavy atom. The van der Waals surface area contributed by atoms with Crippen LogP contribution in [0.25, 0.3) is 0 Å². The van der Waals surface area contributed by atoms with Crippen LogP contribution in [0.5, 0.6) is 11.6 Å². The average molecular weight is 271 g/mol. The molecule has 20 heavy (non-hydrogen) atoms. The lowest BCUT2D eigenvalue weighted by Crippen LogP contribution is -2.13. The molecule has 106 valence electrons. The van der Waals surface area contributed by atoms with Gasteiger partial charge in [0.25, 0.3) is 0 Å². The number of aryl methyl sites for hydroxylation is 1. The number of anilines is 1. The Bertz CT molecular complexity index is 603. The summed E-state index contributed by atoms with van der Waals surface area (Å²) in [5, 5.41) is 0. The molecule has 1 aromatic heterocycles. The standard InChI is InChI=1S/C16H21N3O/c1-11-8-9-13(12(10-11)16(2,3)4)20-15-7-5-6-14(18-15)19-17/h5-10H,17H2,1-4H3,(H,18,19). The summed E-state index contributed by atoms with van der Waals surface area (Å²) in [7, 11) is 0. The molecule has 4 heteroatoms. The van der Waals surface area contributed by atoms with Crippen LogP contribution in [0.15, 0.2) is 36.4 Å². The zero-order chi connectivity index (χ0) is 14.8. The van der Waals surface area contributed by atoms with E-state index in [-0.39, 0.29) is 5.41 Å². The highest BCUT2D eigenvalue weighted by atomic mass is 16.5. The molecule has 0 unspecified atom stereocenters. The van der Waals surface area contributed by atoms with Gasteiger partial charge in [0.05, 0.1) is 0 Å². The number of nitrogens with one attached hydrogen (secondary N) is 1. The van der Waals surface area contributed by atoms with Gasteiger partial charge >= 0.3 is 0 Å². The Morgan fingerprint density at radius 1 is 1.15 bits per heavy atom. The molecule has 0 spiro atoms. The summed E-state index contributed by atoms with van der Waals surface area (Å²) in [5.41, 5.74) is 4.89. The van der Waals surface area contributed by atoms with Crippen LogP contribution < -0.4 is 16.0 Å².